The van der Waals surface area contributed by atoms with E-state index in [1.807, 2.05) is 0 Å². The molecule has 3 fully saturated rings. The van der Waals surface area contributed by atoms with Gasteiger partial charge in [-0.3, -0.25) is 0 Å². The maximum Gasteiger partial charge on any atom is 0.184 e. The van der Waals surface area contributed by atoms with Crippen LogP contribution in [0.1, 0.15) is 58.8 Å². The third-order valence-electron chi connectivity index (χ3n) is 9.95. The fourth-order valence-corrected chi connectivity index (χ4v) is 11.7. The molecule has 3 saturated carbocycles. The largest absolute Gasteiger partial charge is 0.417 e. The minimum Gasteiger partial charge on any atom is -0.417 e. The van der Waals surface area contributed by atoms with Crippen molar-refractivity contribution < 1.29 is 13.3 Å². The predicted molar refractivity (Wildman–Crippen MR) is 156 cm³/mol. The van der Waals surface area contributed by atoms with Gasteiger partial charge in [-0.2, -0.15) is 0 Å². The molecule has 0 aromatic heterocycles. The van der Waals surface area contributed by atoms with Gasteiger partial charge in [0.1, 0.15) is 0 Å². The molecule has 6 heteroatoms. The lowest BCUT2D eigenvalue weighted by atomic mass is 9.45. The van der Waals surface area contributed by atoms with Gasteiger partial charge < -0.3 is 13.3 Å². The minimum atomic E-state index is -1.61. The Balaban J connectivity index is 1.67. The van der Waals surface area contributed by atoms with Gasteiger partial charge in [-0.05, 0) is 133 Å². The Bertz CT molecular complexity index is 807. The fourth-order valence-electron chi connectivity index (χ4n) is 8.68. The van der Waals surface area contributed by atoms with Gasteiger partial charge >= 0.3 is 0 Å². The molecule has 0 aromatic carbocycles. The molecule has 0 saturated heterocycles. The highest BCUT2D eigenvalue weighted by Gasteiger charge is 2.62. The average molecular weight is 537 g/mol. The van der Waals surface area contributed by atoms with Crippen LogP contribution in [0, 0.1) is 34.5 Å². The van der Waals surface area contributed by atoms with Crippen LogP contribution >= 0.6 is 0 Å². The second-order valence-corrected chi connectivity index (χ2v) is 29.2. The molecule has 0 aromatic rings. The summed E-state index contributed by atoms with van der Waals surface area (Å²) >= 11 is 0. The first-order chi connectivity index (χ1) is 15.9. The molecule has 3 nitrogen and oxygen atoms in total. The molecule has 4 rings (SSSR count). The van der Waals surface area contributed by atoms with Crippen molar-refractivity contribution in [2.24, 2.45) is 34.5 Å². The Kier molecular flexibility index (Phi) is 7.66. The van der Waals surface area contributed by atoms with Gasteiger partial charge in [-0.15, -0.1) is 0 Å². The predicted octanol–water partition coefficient (Wildman–Crippen LogP) is 8.47. The Morgan fingerprint density at radius 1 is 0.829 bits per heavy atom. The second-order valence-electron chi connectivity index (χ2n) is 15.8. The standard InChI is InChI=1S/C29H56O3Si3/c1-21-18-23(31-34(6,7)8)19-22-12-13-24-25-14-15-27(32-35(9,10)11)28(25,2)17-16-26(24)29(21,22)20-30-33(3,4)5/h19,21,23-27H,12-18,20H2,1-11H3/t21?,23?,24-,25-,26+,27?,28-,29-/m0/s1. The molecule has 4 aliphatic carbocycles. The lowest BCUT2D eigenvalue weighted by molar-refractivity contribution is -0.105. The SMILES string of the molecule is CC1CC(O[Si](C)(C)C)C=C2CC[C@@H]3[C@@H](CC[C@]4(C)C(O[Si](C)(C)C)CC[C@@H]34)[C@]21CO[Si](C)(C)C. The van der Waals surface area contributed by atoms with Crippen LogP contribution in [0.3, 0.4) is 0 Å². The summed E-state index contributed by atoms with van der Waals surface area (Å²) in [5.74, 6) is 3.01. The van der Waals surface area contributed by atoms with Crippen molar-refractivity contribution in [1.29, 1.82) is 0 Å². The zero-order chi connectivity index (χ0) is 26.0. The van der Waals surface area contributed by atoms with Gasteiger partial charge in [0, 0.05) is 12.0 Å². The van der Waals surface area contributed by atoms with Crippen LogP contribution in [0.2, 0.25) is 58.9 Å². The summed E-state index contributed by atoms with van der Waals surface area (Å²) in [6.07, 6.45) is 12.5. The molecule has 0 N–H and O–H groups in total. The van der Waals surface area contributed by atoms with Gasteiger partial charge in [0.15, 0.2) is 25.0 Å². The van der Waals surface area contributed by atoms with E-state index >= 15 is 0 Å². The van der Waals surface area contributed by atoms with Crippen LogP contribution < -0.4 is 0 Å². The van der Waals surface area contributed by atoms with Crippen LogP contribution in [-0.4, -0.2) is 43.8 Å². The Labute approximate surface area is 220 Å². The van der Waals surface area contributed by atoms with E-state index in [0.29, 0.717) is 23.5 Å². The first kappa shape index (κ1) is 28.3. The van der Waals surface area contributed by atoms with Crippen molar-refractivity contribution in [1.82, 2.24) is 0 Å². The topological polar surface area (TPSA) is 27.7 Å². The summed E-state index contributed by atoms with van der Waals surface area (Å²) in [5, 5.41) is 0. The maximum atomic E-state index is 6.85. The van der Waals surface area contributed by atoms with E-state index in [0.717, 1.165) is 30.8 Å². The van der Waals surface area contributed by atoms with E-state index in [1.165, 1.54) is 38.5 Å². The van der Waals surface area contributed by atoms with E-state index < -0.39 is 25.0 Å². The fraction of sp³-hybridized carbons (Fsp3) is 0.931. The van der Waals surface area contributed by atoms with Gasteiger partial charge in [-0.1, -0.05) is 25.5 Å². The highest BCUT2D eigenvalue weighted by molar-refractivity contribution is 6.70. The average Bonchev–Trinajstić information content (AvgIpc) is 2.99. The molecule has 0 radical (unpaired) electrons. The molecule has 3 unspecified atom stereocenters. The maximum absolute atomic E-state index is 6.85. The molecule has 0 bridgehead atoms. The van der Waals surface area contributed by atoms with E-state index in [1.54, 1.807) is 5.57 Å². The quantitative estimate of drug-likeness (QED) is 0.241. The third kappa shape index (κ3) is 5.68. The van der Waals surface area contributed by atoms with Gasteiger partial charge in [0.05, 0.1) is 12.2 Å². The zero-order valence-corrected chi connectivity index (χ0v) is 27.9. The van der Waals surface area contributed by atoms with E-state index in [-0.39, 0.29) is 5.41 Å². The van der Waals surface area contributed by atoms with E-state index in [4.69, 9.17) is 13.3 Å². The van der Waals surface area contributed by atoms with E-state index in [2.05, 4.69) is 78.8 Å². The van der Waals surface area contributed by atoms with Gasteiger partial charge in [-0.25, -0.2) is 0 Å². The minimum absolute atomic E-state index is 0.210. The molecule has 0 spiro atoms. The molecule has 35 heavy (non-hydrogen) atoms. The molecular formula is C29H56O3Si3. The zero-order valence-electron chi connectivity index (χ0n) is 24.9. The molecule has 0 amide bonds. The monoisotopic (exact) mass is 536 g/mol. The summed E-state index contributed by atoms with van der Waals surface area (Å²) in [6, 6.07) is 0. The molecule has 202 valence electrons. The van der Waals surface area contributed by atoms with Crippen LogP contribution in [0.25, 0.3) is 0 Å². The molecule has 4 aliphatic rings. The third-order valence-corrected chi connectivity index (χ3v) is 13.0. The first-order valence-corrected chi connectivity index (χ1v) is 24.9. The Morgan fingerprint density at radius 2 is 1.49 bits per heavy atom. The number of hydrogen-bond donors (Lipinski definition) is 0. The first-order valence-electron chi connectivity index (χ1n) is 14.7. The van der Waals surface area contributed by atoms with Crippen molar-refractivity contribution in [2.45, 2.75) is 130 Å². The molecule has 8 atom stereocenters. The van der Waals surface area contributed by atoms with Crippen LogP contribution in [0.4, 0.5) is 0 Å². The van der Waals surface area contributed by atoms with Gasteiger partial charge in [0.25, 0.3) is 0 Å². The second kappa shape index (κ2) is 9.48. The summed E-state index contributed by atoms with van der Waals surface area (Å²) in [7, 11) is -4.72. The Hall–Kier alpha value is 0.271. The summed E-state index contributed by atoms with van der Waals surface area (Å²) in [5.41, 5.74) is 2.28. The van der Waals surface area contributed by atoms with Crippen LogP contribution in [-0.2, 0) is 13.3 Å². The van der Waals surface area contributed by atoms with Crippen molar-refractivity contribution in [2.75, 3.05) is 6.61 Å². The molecule has 0 aliphatic heterocycles. The van der Waals surface area contributed by atoms with Crippen molar-refractivity contribution in [3.8, 4) is 0 Å². The Morgan fingerprint density at radius 3 is 2.09 bits per heavy atom. The lowest BCUT2D eigenvalue weighted by Gasteiger charge is -2.62. The smallest absolute Gasteiger partial charge is 0.184 e. The highest BCUT2D eigenvalue weighted by Crippen LogP contribution is 2.67. The van der Waals surface area contributed by atoms with Crippen molar-refractivity contribution in [3.63, 3.8) is 0 Å². The van der Waals surface area contributed by atoms with Crippen LogP contribution in [0.5, 0.6) is 0 Å². The van der Waals surface area contributed by atoms with Crippen molar-refractivity contribution in [3.05, 3.63) is 11.6 Å². The van der Waals surface area contributed by atoms with E-state index in [9.17, 15) is 0 Å². The highest BCUT2D eigenvalue weighted by atomic mass is 28.4. The number of rotatable bonds is 7. The molecular weight excluding hydrogens is 481 g/mol. The summed E-state index contributed by atoms with van der Waals surface area (Å²) < 4.78 is 20.4. The van der Waals surface area contributed by atoms with Gasteiger partial charge in [0.2, 0.25) is 0 Å². The summed E-state index contributed by atoms with van der Waals surface area (Å²) in [4.78, 5) is 0. The normalized spacial score (nSPS) is 42.2. The van der Waals surface area contributed by atoms with Crippen molar-refractivity contribution >= 4 is 25.0 Å². The lowest BCUT2D eigenvalue weighted by Crippen LogP contribution is -2.58. The number of fused-ring (bicyclic) bond motifs is 5. The summed E-state index contributed by atoms with van der Waals surface area (Å²) in [6.45, 7) is 27.3. The molecule has 0 heterocycles. The van der Waals surface area contributed by atoms with Crippen LogP contribution in [0.15, 0.2) is 11.6 Å². The number of hydrogen-bond acceptors (Lipinski definition) is 3.